The van der Waals surface area contributed by atoms with E-state index in [0.717, 1.165) is 37.4 Å². The van der Waals surface area contributed by atoms with Gasteiger partial charge in [0.25, 0.3) is 0 Å². The highest BCUT2D eigenvalue weighted by Gasteiger charge is 2.13. The van der Waals surface area contributed by atoms with Gasteiger partial charge in [-0.3, -0.25) is 0 Å². The Balaban J connectivity index is 2.24. The second-order valence-electron chi connectivity index (χ2n) is 4.09. The minimum Gasteiger partial charge on any atom is -0.409 e. The molecule has 1 aromatic carbocycles. The molecule has 0 saturated carbocycles. The van der Waals surface area contributed by atoms with E-state index < -0.39 is 0 Å². The van der Waals surface area contributed by atoms with E-state index in [4.69, 9.17) is 15.7 Å². The van der Waals surface area contributed by atoms with E-state index in [9.17, 15) is 0 Å². The van der Waals surface area contributed by atoms with E-state index in [1.54, 1.807) is 0 Å². The number of nitrogens with zero attached hydrogens (tertiary/aromatic N) is 2. The van der Waals surface area contributed by atoms with Gasteiger partial charge in [-0.25, -0.2) is 0 Å². The van der Waals surface area contributed by atoms with Gasteiger partial charge in [-0.05, 0) is 30.7 Å². The fraction of sp³-hybridized carbons (Fsp3) is 0.417. The van der Waals surface area contributed by atoms with E-state index in [1.807, 2.05) is 25.1 Å². The van der Waals surface area contributed by atoms with Gasteiger partial charge in [-0.2, -0.15) is 0 Å². The molecule has 0 aromatic heterocycles. The van der Waals surface area contributed by atoms with Crippen LogP contribution in [-0.2, 0) is 4.74 Å². The maximum atomic E-state index is 8.63. The number of ether oxygens (including phenoxy) is 1. The van der Waals surface area contributed by atoms with Gasteiger partial charge in [0, 0.05) is 24.3 Å². The first-order valence-corrected chi connectivity index (χ1v) is 5.63. The van der Waals surface area contributed by atoms with E-state index in [2.05, 4.69) is 10.1 Å². The van der Waals surface area contributed by atoms with Crippen LogP contribution in [-0.4, -0.2) is 37.3 Å². The van der Waals surface area contributed by atoms with Gasteiger partial charge in [0.2, 0.25) is 0 Å². The number of oxime groups is 1. The van der Waals surface area contributed by atoms with Crippen molar-refractivity contribution >= 4 is 11.5 Å². The number of anilines is 1. The maximum Gasteiger partial charge on any atom is 0.170 e. The fourth-order valence-electron chi connectivity index (χ4n) is 2.03. The van der Waals surface area contributed by atoms with Crippen molar-refractivity contribution in [3.05, 3.63) is 29.3 Å². The predicted molar refractivity (Wildman–Crippen MR) is 66.7 cm³/mol. The molecular weight excluding hydrogens is 218 g/mol. The third-order valence-electron chi connectivity index (χ3n) is 2.95. The zero-order chi connectivity index (χ0) is 12.3. The Hall–Kier alpha value is -1.75. The number of morpholine rings is 1. The normalized spacial score (nSPS) is 17.2. The smallest absolute Gasteiger partial charge is 0.170 e. The first kappa shape index (κ1) is 11.7. The summed E-state index contributed by atoms with van der Waals surface area (Å²) in [7, 11) is 0. The Morgan fingerprint density at radius 1 is 1.41 bits per heavy atom. The largest absolute Gasteiger partial charge is 0.409 e. The van der Waals surface area contributed by atoms with E-state index >= 15 is 0 Å². The molecule has 1 aromatic rings. The summed E-state index contributed by atoms with van der Waals surface area (Å²) < 4.78 is 5.33. The molecule has 0 amide bonds. The first-order valence-electron chi connectivity index (χ1n) is 5.63. The van der Waals surface area contributed by atoms with Crippen molar-refractivity contribution < 1.29 is 9.94 Å². The summed E-state index contributed by atoms with van der Waals surface area (Å²) in [4.78, 5) is 2.29. The van der Waals surface area contributed by atoms with Crippen molar-refractivity contribution in [3.8, 4) is 0 Å². The molecule has 1 aliphatic heterocycles. The third-order valence-corrected chi connectivity index (χ3v) is 2.95. The molecule has 0 bridgehead atoms. The minimum atomic E-state index is 0.140. The number of rotatable bonds is 2. The fourth-order valence-corrected chi connectivity index (χ4v) is 2.03. The molecule has 0 atom stereocenters. The summed E-state index contributed by atoms with van der Waals surface area (Å²) in [6, 6.07) is 5.81. The summed E-state index contributed by atoms with van der Waals surface area (Å²) >= 11 is 0. The van der Waals surface area contributed by atoms with Crippen LogP contribution in [0.5, 0.6) is 0 Å². The number of hydrogen-bond donors (Lipinski definition) is 2. The summed E-state index contributed by atoms with van der Waals surface area (Å²) in [6.07, 6.45) is 0. The molecule has 0 spiro atoms. The SMILES string of the molecule is Cc1cc(/C(N)=N/O)ccc1N1CCOCC1. The van der Waals surface area contributed by atoms with Gasteiger partial charge >= 0.3 is 0 Å². The molecule has 3 N–H and O–H groups in total. The molecule has 0 unspecified atom stereocenters. The van der Waals surface area contributed by atoms with Crippen molar-refractivity contribution in [2.45, 2.75) is 6.92 Å². The third kappa shape index (κ3) is 2.50. The average molecular weight is 235 g/mol. The van der Waals surface area contributed by atoms with Gasteiger partial charge in [0.15, 0.2) is 5.84 Å². The van der Waals surface area contributed by atoms with E-state index in [-0.39, 0.29) is 5.84 Å². The molecule has 5 nitrogen and oxygen atoms in total. The Kier molecular flexibility index (Phi) is 3.49. The number of hydrogen-bond acceptors (Lipinski definition) is 4. The quantitative estimate of drug-likeness (QED) is 0.346. The van der Waals surface area contributed by atoms with Crippen LogP contribution in [0, 0.1) is 6.92 Å². The predicted octanol–water partition coefficient (Wildman–Crippen LogP) is 0.926. The van der Waals surface area contributed by atoms with E-state index in [0.29, 0.717) is 0 Å². The van der Waals surface area contributed by atoms with Crippen LogP contribution in [0.15, 0.2) is 23.4 Å². The topological polar surface area (TPSA) is 71.1 Å². The molecule has 5 heteroatoms. The van der Waals surface area contributed by atoms with Gasteiger partial charge in [0.05, 0.1) is 13.2 Å². The lowest BCUT2D eigenvalue weighted by molar-refractivity contribution is 0.122. The van der Waals surface area contributed by atoms with Crippen molar-refractivity contribution in [2.75, 3.05) is 31.2 Å². The standard InChI is InChI=1S/C12H17N3O2/c1-9-8-10(12(13)14-16)2-3-11(9)15-4-6-17-7-5-15/h2-3,8,16H,4-7H2,1H3,(H2,13,14). The van der Waals surface area contributed by atoms with Crippen LogP contribution < -0.4 is 10.6 Å². The lowest BCUT2D eigenvalue weighted by Crippen LogP contribution is -2.36. The number of amidine groups is 1. The van der Waals surface area contributed by atoms with Gasteiger partial charge in [0.1, 0.15) is 0 Å². The molecule has 17 heavy (non-hydrogen) atoms. The van der Waals surface area contributed by atoms with E-state index in [1.165, 1.54) is 5.69 Å². The summed E-state index contributed by atoms with van der Waals surface area (Å²) in [5.41, 5.74) is 8.60. The number of benzene rings is 1. The van der Waals surface area contributed by atoms with Crippen LogP contribution in [0.1, 0.15) is 11.1 Å². The average Bonchev–Trinajstić information content (AvgIpc) is 2.38. The summed E-state index contributed by atoms with van der Waals surface area (Å²) in [6.45, 7) is 5.37. The molecule has 1 fully saturated rings. The van der Waals surface area contributed by atoms with Crippen LogP contribution in [0.3, 0.4) is 0 Å². The van der Waals surface area contributed by atoms with Crippen LogP contribution in [0.2, 0.25) is 0 Å². The number of aryl methyl sites for hydroxylation is 1. The molecular formula is C12H17N3O2. The number of nitrogens with two attached hydrogens (primary N) is 1. The van der Waals surface area contributed by atoms with Crippen molar-refractivity contribution in [2.24, 2.45) is 10.9 Å². The Labute approximate surface area is 100 Å². The summed E-state index contributed by atoms with van der Waals surface area (Å²) in [5, 5.41) is 11.6. The van der Waals surface area contributed by atoms with Crippen LogP contribution in [0.25, 0.3) is 0 Å². The monoisotopic (exact) mass is 235 g/mol. The Bertz CT molecular complexity index is 426. The van der Waals surface area contributed by atoms with Gasteiger partial charge in [-0.15, -0.1) is 0 Å². The van der Waals surface area contributed by atoms with Crippen molar-refractivity contribution in [1.82, 2.24) is 0 Å². The molecule has 92 valence electrons. The minimum absolute atomic E-state index is 0.140. The Morgan fingerprint density at radius 3 is 2.71 bits per heavy atom. The zero-order valence-electron chi connectivity index (χ0n) is 9.89. The molecule has 1 aliphatic rings. The highest BCUT2D eigenvalue weighted by atomic mass is 16.5. The summed E-state index contributed by atoms with van der Waals surface area (Å²) in [5.74, 6) is 0.140. The highest BCUT2D eigenvalue weighted by molar-refractivity contribution is 5.97. The zero-order valence-corrected chi connectivity index (χ0v) is 9.89. The maximum absolute atomic E-state index is 8.63. The Morgan fingerprint density at radius 2 is 2.12 bits per heavy atom. The molecule has 0 aliphatic carbocycles. The molecule has 0 radical (unpaired) electrons. The lowest BCUT2D eigenvalue weighted by atomic mass is 10.1. The highest BCUT2D eigenvalue weighted by Crippen LogP contribution is 2.22. The second-order valence-corrected chi connectivity index (χ2v) is 4.09. The van der Waals surface area contributed by atoms with Crippen LogP contribution in [0.4, 0.5) is 5.69 Å². The first-order chi connectivity index (χ1) is 8.22. The van der Waals surface area contributed by atoms with Gasteiger partial charge in [-0.1, -0.05) is 5.16 Å². The molecule has 1 heterocycles. The lowest BCUT2D eigenvalue weighted by Gasteiger charge is -2.30. The molecule has 1 saturated heterocycles. The van der Waals surface area contributed by atoms with Crippen LogP contribution >= 0.6 is 0 Å². The van der Waals surface area contributed by atoms with Crippen molar-refractivity contribution in [3.63, 3.8) is 0 Å². The van der Waals surface area contributed by atoms with Gasteiger partial charge < -0.3 is 20.6 Å². The molecule has 2 rings (SSSR count). The van der Waals surface area contributed by atoms with Crippen molar-refractivity contribution in [1.29, 1.82) is 0 Å². The second kappa shape index (κ2) is 5.05.